The highest BCUT2D eigenvalue weighted by atomic mass is 35.5. The Morgan fingerprint density at radius 3 is 2.60 bits per heavy atom. The van der Waals surface area contributed by atoms with Crippen molar-refractivity contribution in [3.8, 4) is 0 Å². The molecule has 1 unspecified atom stereocenters. The number of carbonyl (C=O) groups excluding carboxylic acids is 1. The minimum atomic E-state index is -0.0210. The molecule has 1 saturated carbocycles. The molecule has 0 heterocycles. The molecule has 1 fully saturated rings. The van der Waals surface area contributed by atoms with Gasteiger partial charge in [0.15, 0.2) is 0 Å². The number of hydrogen-bond acceptors (Lipinski definition) is 1. The summed E-state index contributed by atoms with van der Waals surface area (Å²) in [5, 5.41) is 1.06. The molecule has 80 valence electrons. The van der Waals surface area contributed by atoms with E-state index in [-0.39, 0.29) is 5.92 Å². The van der Waals surface area contributed by atoms with Gasteiger partial charge in [-0.1, -0.05) is 42.1 Å². The summed E-state index contributed by atoms with van der Waals surface area (Å²) in [6.45, 7) is 0. The van der Waals surface area contributed by atoms with Crippen LogP contribution < -0.4 is 0 Å². The van der Waals surface area contributed by atoms with E-state index in [0.717, 1.165) is 24.2 Å². The first-order valence-corrected chi connectivity index (χ1v) is 5.86. The van der Waals surface area contributed by atoms with Gasteiger partial charge in [-0.2, -0.15) is 0 Å². The lowest BCUT2D eigenvalue weighted by molar-refractivity contribution is -0.109. The van der Waals surface area contributed by atoms with E-state index >= 15 is 0 Å². The van der Waals surface area contributed by atoms with Crippen LogP contribution in [0.15, 0.2) is 18.2 Å². The molecule has 0 bridgehead atoms. The van der Waals surface area contributed by atoms with Crippen molar-refractivity contribution in [2.75, 3.05) is 0 Å². The molecule has 0 radical (unpaired) electrons. The Morgan fingerprint density at radius 2 is 2.07 bits per heavy atom. The van der Waals surface area contributed by atoms with Gasteiger partial charge in [0.25, 0.3) is 0 Å². The summed E-state index contributed by atoms with van der Waals surface area (Å²) >= 11 is 11.7. The summed E-state index contributed by atoms with van der Waals surface area (Å²) in [6.07, 6.45) is 4.47. The topological polar surface area (TPSA) is 17.1 Å². The first-order chi connectivity index (χ1) is 7.20. The third-order valence-corrected chi connectivity index (χ3v) is 3.56. The van der Waals surface area contributed by atoms with E-state index in [9.17, 15) is 4.79 Å². The van der Waals surface area contributed by atoms with Crippen LogP contribution in [0.3, 0.4) is 0 Å². The molecule has 0 aliphatic heterocycles. The normalized spacial score (nSPS) is 17.5. The second-order valence-electron chi connectivity index (χ2n) is 4.10. The maximum atomic E-state index is 11.0. The van der Waals surface area contributed by atoms with Crippen molar-refractivity contribution in [3.05, 3.63) is 33.8 Å². The van der Waals surface area contributed by atoms with Crippen molar-refractivity contribution in [1.82, 2.24) is 0 Å². The average Bonchev–Trinajstić information content (AvgIpc) is 3.02. The lowest BCUT2D eigenvalue weighted by atomic mass is 9.95. The van der Waals surface area contributed by atoms with Crippen LogP contribution in [0.2, 0.25) is 10.0 Å². The van der Waals surface area contributed by atoms with Crippen molar-refractivity contribution in [2.45, 2.75) is 25.2 Å². The largest absolute Gasteiger partial charge is 0.303 e. The van der Waals surface area contributed by atoms with Crippen molar-refractivity contribution in [1.29, 1.82) is 0 Å². The van der Waals surface area contributed by atoms with E-state index in [1.54, 1.807) is 12.1 Å². The van der Waals surface area contributed by atoms with Crippen LogP contribution in [0.4, 0.5) is 0 Å². The average molecular weight is 243 g/mol. The number of halogens is 2. The summed E-state index contributed by atoms with van der Waals surface area (Å²) in [5.74, 6) is 0.710. The van der Waals surface area contributed by atoms with Crippen LogP contribution in [-0.2, 0) is 4.79 Å². The highest BCUT2D eigenvalue weighted by molar-refractivity contribution is 6.42. The van der Waals surface area contributed by atoms with Gasteiger partial charge in [0, 0.05) is 5.92 Å². The SMILES string of the molecule is O=CC(CC1CC1)c1ccc(Cl)c(Cl)c1. The van der Waals surface area contributed by atoms with Crippen molar-refractivity contribution in [2.24, 2.45) is 5.92 Å². The maximum absolute atomic E-state index is 11.0. The molecule has 2 rings (SSSR count). The predicted octanol–water partition coefficient (Wildman–Crippen LogP) is 4.08. The fourth-order valence-corrected chi connectivity index (χ4v) is 2.03. The van der Waals surface area contributed by atoms with Gasteiger partial charge in [0.2, 0.25) is 0 Å². The van der Waals surface area contributed by atoms with Gasteiger partial charge in [-0.25, -0.2) is 0 Å². The number of hydrogen-bond donors (Lipinski definition) is 0. The zero-order valence-corrected chi connectivity index (χ0v) is 9.76. The Bertz CT molecular complexity index is 372. The first-order valence-electron chi connectivity index (χ1n) is 5.11. The molecule has 1 aliphatic rings. The van der Waals surface area contributed by atoms with Crippen LogP contribution >= 0.6 is 23.2 Å². The fourth-order valence-electron chi connectivity index (χ4n) is 1.73. The van der Waals surface area contributed by atoms with E-state index < -0.39 is 0 Å². The summed E-state index contributed by atoms with van der Waals surface area (Å²) in [5.41, 5.74) is 0.978. The van der Waals surface area contributed by atoms with E-state index in [1.807, 2.05) is 6.07 Å². The maximum Gasteiger partial charge on any atom is 0.127 e. The Hall–Kier alpha value is -0.530. The van der Waals surface area contributed by atoms with Gasteiger partial charge in [0.1, 0.15) is 6.29 Å². The van der Waals surface area contributed by atoms with E-state index in [4.69, 9.17) is 23.2 Å². The van der Waals surface area contributed by atoms with Gasteiger partial charge in [-0.15, -0.1) is 0 Å². The molecule has 1 aromatic rings. The number of rotatable bonds is 4. The van der Waals surface area contributed by atoms with E-state index in [0.29, 0.717) is 10.0 Å². The van der Waals surface area contributed by atoms with E-state index in [1.165, 1.54) is 12.8 Å². The number of aldehydes is 1. The number of benzene rings is 1. The Morgan fingerprint density at radius 1 is 1.33 bits per heavy atom. The summed E-state index contributed by atoms with van der Waals surface area (Å²) in [7, 11) is 0. The van der Waals surface area contributed by atoms with Gasteiger partial charge < -0.3 is 4.79 Å². The van der Waals surface area contributed by atoms with Crippen LogP contribution in [0.1, 0.15) is 30.7 Å². The predicted molar refractivity (Wildman–Crippen MR) is 62.6 cm³/mol. The van der Waals surface area contributed by atoms with Gasteiger partial charge in [-0.05, 0) is 30.0 Å². The molecule has 1 nitrogen and oxygen atoms in total. The van der Waals surface area contributed by atoms with Gasteiger partial charge >= 0.3 is 0 Å². The lowest BCUT2D eigenvalue weighted by Gasteiger charge is -2.10. The molecule has 0 spiro atoms. The summed E-state index contributed by atoms with van der Waals surface area (Å²) < 4.78 is 0. The molecule has 1 atom stereocenters. The molecule has 1 aromatic carbocycles. The van der Waals surface area contributed by atoms with Crippen molar-refractivity contribution in [3.63, 3.8) is 0 Å². The summed E-state index contributed by atoms with van der Waals surface area (Å²) in [4.78, 5) is 11.0. The Balaban J connectivity index is 2.17. The Kier molecular flexibility index (Phi) is 3.32. The smallest absolute Gasteiger partial charge is 0.127 e. The zero-order valence-electron chi connectivity index (χ0n) is 8.25. The second kappa shape index (κ2) is 4.54. The molecule has 1 aliphatic carbocycles. The molecule has 15 heavy (non-hydrogen) atoms. The third kappa shape index (κ3) is 2.73. The standard InChI is InChI=1S/C12H12Cl2O/c13-11-4-3-9(6-12(11)14)10(7-15)5-8-1-2-8/h3-4,6-8,10H,1-2,5H2. The minimum Gasteiger partial charge on any atom is -0.303 e. The third-order valence-electron chi connectivity index (χ3n) is 2.82. The highest BCUT2D eigenvalue weighted by Gasteiger charge is 2.26. The molecule has 3 heteroatoms. The quantitative estimate of drug-likeness (QED) is 0.728. The molecular formula is C12H12Cl2O. The van der Waals surface area contributed by atoms with Gasteiger partial charge in [-0.3, -0.25) is 0 Å². The van der Waals surface area contributed by atoms with Crippen LogP contribution in [0, 0.1) is 5.92 Å². The molecule has 0 amide bonds. The minimum absolute atomic E-state index is 0.0210. The van der Waals surface area contributed by atoms with Crippen LogP contribution in [-0.4, -0.2) is 6.29 Å². The molecule has 0 N–H and O–H groups in total. The van der Waals surface area contributed by atoms with Gasteiger partial charge in [0.05, 0.1) is 10.0 Å². The molecule has 0 saturated heterocycles. The Labute approximate surface area is 99.4 Å². The molecular weight excluding hydrogens is 231 g/mol. The number of carbonyl (C=O) groups is 1. The van der Waals surface area contributed by atoms with Crippen LogP contribution in [0.5, 0.6) is 0 Å². The van der Waals surface area contributed by atoms with E-state index in [2.05, 4.69) is 0 Å². The monoisotopic (exact) mass is 242 g/mol. The summed E-state index contributed by atoms with van der Waals surface area (Å²) in [6, 6.07) is 5.43. The highest BCUT2D eigenvalue weighted by Crippen LogP contribution is 2.38. The zero-order chi connectivity index (χ0) is 10.8. The lowest BCUT2D eigenvalue weighted by Crippen LogP contribution is -2.01. The van der Waals surface area contributed by atoms with Crippen molar-refractivity contribution >= 4 is 29.5 Å². The first kappa shape index (κ1) is 11.0. The second-order valence-corrected chi connectivity index (χ2v) is 4.91. The fraction of sp³-hybridized carbons (Fsp3) is 0.417. The van der Waals surface area contributed by atoms with Crippen LogP contribution in [0.25, 0.3) is 0 Å². The molecule has 0 aromatic heterocycles. The van der Waals surface area contributed by atoms with Crippen molar-refractivity contribution < 1.29 is 4.79 Å².